The van der Waals surface area contributed by atoms with Crippen LogP contribution in [0.1, 0.15) is 13.3 Å². The van der Waals surface area contributed by atoms with Gasteiger partial charge in [-0.1, -0.05) is 0 Å². The van der Waals surface area contributed by atoms with Crippen molar-refractivity contribution in [1.82, 2.24) is 4.98 Å². The van der Waals surface area contributed by atoms with Crippen LogP contribution in [0.25, 0.3) is 11.1 Å². The number of oxazole rings is 1. The first kappa shape index (κ1) is 13.8. The Hall–Kier alpha value is -1.60. The minimum Gasteiger partial charge on any atom is -0.428 e. The highest BCUT2D eigenvalue weighted by Gasteiger charge is 2.21. The molecule has 0 unspecified atom stereocenters. The summed E-state index contributed by atoms with van der Waals surface area (Å²) in [6, 6.07) is 4.84. The molecule has 6 nitrogen and oxygen atoms in total. The van der Waals surface area contributed by atoms with Gasteiger partial charge in [0.2, 0.25) is 9.84 Å². The van der Waals surface area contributed by atoms with E-state index in [-0.39, 0.29) is 11.0 Å². The second-order valence-corrected chi connectivity index (χ2v) is 6.06. The van der Waals surface area contributed by atoms with Crippen LogP contribution in [-0.2, 0) is 14.6 Å². The van der Waals surface area contributed by atoms with Crippen molar-refractivity contribution in [2.45, 2.75) is 18.6 Å². The molecule has 1 heterocycles. The molecule has 0 atom stereocenters. The van der Waals surface area contributed by atoms with Gasteiger partial charge in [-0.05, 0) is 25.5 Å². The first-order valence-corrected chi connectivity index (χ1v) is 7.65. The molecule has 0 saturated carbocycles. The topological polar surface area (TPSA) is 95.4 Å². The summed E-state index contributed by atoms with van der Waals surface area (Å²) >= 11 is 0. The summed E-state index contributed by atoms with van der Waals surface area (Å²) in [4.78, 5) is 3.97. The van der Waals surface area contributed by atoms with Crippen LogP contribution in [0.5, 0.6) is 0 Å². The normalized spacial score (nSPS) is 12.1. The zero-order chi connectivity index (χ0) is 13.9. The average molecular weight is 284 g/mol. The van der Waals surface area contributed by atoms with Gasteiger partial charge >= 0.3 is 5.22 Å². The van der Waals surface area contributed by atoms with E-state index >= 15 is 0 Å². The van der Waals surface area contributed by atoms with Crippen molar-refractivity contribution < 1.29 is 17.6 Å². The number of hydrogen-bond acceptors (Lipinski definition) is 6. The number of anilines is 1. The van der Waals surface area contributed by atoms with Gasteiger partial charge < -0.3 is 14.9 Å². The summed E-state index contributed by atoms with van der Waals surface area (Å²) in [7, 11) is -3.51. The molecule has 1 aromatic heterocycles. The molecule has 0 aliphatic carbocycles. The number of sulfone groups is 1. The van der Waals surface area contributed by atoms with Gasteiger partial charge in [0.25, 0.3) is 0 Å². The first-order chi connectivity index (χ1) is 9.03. The van der Waals surface area contributed by atoms with Gasteiger partial charge in [-0.25, -0.2) is 8.42 Å². The third-order valence-electron chi connectivity index (χ3n) is 2.56. The zero-order valence-corrected chi connectivity index (χ0v) is 11.4. The number of rotatable bonds is 6. The van der Waals surface area contributed by atoms with Gasteiger partial charge in [0.1, 0.15) is 5.52 Å². The minimum atomic E-state index is -3.51. The summed E-state index contributed by atoms with van der Waals surface area (Å²) in [6.45, 7) is 2.84. The number of benzene rings is 1. The Morgan fingerprint density at radius 3 is 2.95 bits per heavy atom. The predicted octanol–water partition coefficient (Wildman–Crippen LogP) is 1.61. The van der Waals surface area contributed by atoms with Crippen LogP contribution in [0.2, 0.25) is 0 Å². The van der Waals surface area contributed by atoms with Crippen LogP contribution < -0.4 is 5.73 Å². The Morgan fingerprint density at radius 2 is 2.21 bits per heavy atom. The van der Waals surface area contributed by atoms with Crippen LogP contribution >= 0.6 is 0 Å². The molecule has 0 aliphatic heterocycles. The van der Waals surface area contributed by atoms with Gasteiger partial charge in [-0.2, -0.15) is 4.98 Å². The molecule has 2 N–H and O–H groups in total. The van der Waals surface area contributed by atoms with E-state index in [1.54, 1.807) is 18.2 Å². The molecule has 0 spiro atoms. The van der Waals surface area contributed by atoms with Gasteiger partial charge in [-0.3, -0.25) is 0 Å². The lowest BCUT2D eigenvalue weighted by molar-refractivity contribution is 0.148. The summed E-state index contributed by atoms with van der Waals surface area (Å²) in [5, 5.41) is -0.260. The molecule has 2 rings (SSSR count). The highest BCUT2D eigenvalue weighted by molar-refractivity contribution is 7.91. The Balaban J connectivity index is 2.18. The van der Waals surface area contributed by atoms with Crippen molar-refractivity contribution in [2.24, 2.45) is 0 Å². The number of ether oxygens (including phenoxy) is 1. The van der Waals surface area contributed by atoms with Crippen molar-refractivity contribution in [3.63, 3.8) is 0 Å². The molecule has 19 heavy (non-hydrogen) atoms. The van der Waals surface area contributed by atoms with Gasteiger partial charge in [0.15, 0.2) is 5.58 Å². The second kappa shape index (κ2) is 5.58. The fraction of sp³-hybridized carbons (Fsp3) is 0.417. The third kappa shape index (κ3) is 3.24. The number of nitrogens with zero attached hydrogens (tertiary/aromatic N) is 1. The molecule has 7 heteroatoms. The molecule has 0 fully saturated rings. The molecule has 104 valence electrons. The SMILES string of the molecule is CCOCCCS(=O)(=O)c1nc2ccc(N)cc2o1. The van der Waals surface area contributed by atoms with Crippen LogP contribution in [-0.4, -0.2) is 32.4 Å². The van der Waals surface area contributed by atoms with E-state index in [1.807, 2.05) is 6.92 Å². The second-order valence-electron chi connectivity index (χ2n) is 4.08. The molecule has 2 aromatic rings. The Labute approximate surface area is 111 Å². The third-order valence-corrected chi connectivity index (χ3v) is 4.10. The smallest absolute Gasteiger partial charge is 0.316 e. The number of hydrogen-bond donors (Lipinski definition) is 1. The van der Waals surface area contributed by atoms with Gasteiger partial charge in [0, 0.05) is 25.0 Å². The molecule has 0 radical (unpaired) electrons. The van der Waals surface area contributed by atoms with E-state index < -0.39 is 9.84 Å². The maximum Gasteiger partial charge on any atom is 0.316 e. The minimum absolute atomic E-state index is 0.0463. The summed E-state index contributed by atoms with van der Waals surface area (Å²) < 4.78 is 34.4. The quantitative estimate of drug-likeness (QED) is 0.639. The van der Waals surface area contributed by atoms with E-state index in [4.69, 9.17) is 14.9 Å². The number of nitrogen functional groups attached to an aromatic ring is 1. The molecule has 0 saturated heterocycles. The molecule has 0 amide bonds. The van der Waals surface area contributed by atoms with Crippen LogP contribution in [0.3, 0.4) is 0 Å². The van der Waals surface area contributed by atoms with E-state index in [0.29, 0.717) is 36.4 Å². The van der Waals surface area contributed by atoms with Crippen molar-refractivity contribution in [3.05, 3.63) is 18.2 Å². The molecule has 0 bridgehead atoms. The van der Waals surface area contributed by atoms with Crippen molar-refractivity contribution in [2.75, 3.05) is 24.7 Å². The van der Waals surface area contributed by atoms with Crippen molar-refractivity contribution in [1.29, 1.82) is 0 Å². The molecular weight excluding hydrogens is 268 g/mol. The Kier molecular flexibility index (Phi) is 4.06. The maximum absolute atomic E-state index is 12.0. The van der Waals surface area contributed by atoms with Crippen LogP contribution in [0.4, 0.5) is 5.69 Å². The highest BCUT2D eigenvalue weighted by atomic mass is 32.2. The first-order valence-electron chi connectivity index (χ1n) is 5.99. The van der Waals surface area contributed by atoms with Crippen molar-refractivity contribution in [3.8, 4) is 0 Å². The van der Waals surface area contributed by atoms with Gasteiger partial charge in [0.05, 0.1) is 5.75 Å². The number of aromatic nitrogens is 1. The summed E-state index contributed by atoms with van der Waals surface area (Å²) in [6.07, 6.45) is 0.414. The lowest BCUT2D eigenvalue weighted by atomic mass is 10.3. The fourth-order valence-corrected chi connectivity index (χ4v) is 2.76. The summed E-state index contributed by atoms with van der Waals surface area (Å²) in [5.41, 5.74) is 6.97. The lowest BCUT2D eigenvalue weighted by Crippen LogP contribution is -2.09. The van der Waals surface area contributed by atoms with Crippen LogP contribution in [0.15, 0.2) is 27.8 Å². The standard InChI is InChI=1S/C12H16N2O4S/c1-2-17-6-3-7-19(15,16)12-14-10-5-4-9(13)8-11(10)18-12/h4-5,8H,2-3,6-7,13H2,1H3. The van der Waals surface area contributed by atoms with Gasteiger partial charge in [-0.15, -0.1) is 0 Å². The van der Waals surface area contributed by atoms with E-state index in [1.165, 1.54) is 0 Å². The molecular formula is C12H16N2O4S. The predicted molar refractivity (Wildman–Crippen MR) is 71.6 cm³/mol. The Bertz CT molecular complexity index is 663. The highest BCUT2D eigenvalue weighted by Crippen LogP contribution is 2.22. The summed E-state index contributed by atoms with van der Waals surface area (Å²) in [5.74, 6) is -0.0463. The number of fused-ring (bicyclic) bond motifs is 1. The van der Waals surface area contributed by atoms with Crippen LogP contribution in [0, 0.1) is 0 Å². The van der Waals surface area contributed by atoms with E-state index in [0.717, 1.165) is 0 Å². The number of nitrogens with two attached hydrogens (primary N) is 1. The largest absolute Gasteiger partial charge is 0.428 e. The van der Waals surface area contributed by atoms with Crippen molar-refractivity contribution >= 4 is 26.6 Å². The van der Waals surface area contributed by atoms with E-state index in [9.17, 15) is 8.42 Å². The monoisotopic (exact) mass is 284 g/mol. The molecule has 1 aromatic carbocycles. The zero-order valence-electron chi connectivity index (χ0n) is 10.6. The Morgan fingerprint density at radius 1 is 1.42 bits per heavy atom. The fourth-order valence-electron chi connectivity index (χ4n) is 1.64. The maximum atomic E-state index is 12.0. The molecule has 0 aliphatic rings. The van der Waals surface area contributed by atoms with E-state index in [2.05, 4.69) is 4.98 Å². The average Bonchev–Trinajstić information content (AvgIpc) is 2.78. The lowest BCUT2D eigenvalue weighted by Gasteiger charge is -2.00.